The van der Waals surface area contributed by atoms with Crippen LogP contribution in [0.4, 0.5) is 0 Å². The van der Waals surface area contributed by atoms with Gasteiger partial charge in [0.1, 0.15) is 5.75 Å². The molecule has 2 rings (SSSR count). The van der Waals surface area contributed by atoms with E-state index < -0.39 is 0 Å². The number of para-hydroxylation sites is 1. The van der Waals surface area contributed by atoms with Gasteiger partial charge in [-0.1, -0.05) is 18.2 Å². The van der Waals surface area contributed by atoms with E-state index in [1.807, 2.05) is 35.2 Å². The molecule has 0 spiro atoms. The average Bonchev–Trinajstić information content (AvgIpc) is 2.37. The van der Waals surface area contributed by atoms with Crippen LogP contribution in [0, 0.1) is 0 Å². The summed E-state index contributed by atoms with van der Waals surface area (Å²) >= 11 is 0. The zero-order valence-corrected chi connectivity index (χ0v) is 10.9. The molecule has 0 radical (unpaired) electrons. The van der Waals surface area contributed by atoms with Crippen molar-refractivity contribution in [2.24, 2.45) is 0 Å². The zero-order valence-electron chi connectivity index (χ0n) is 10.9. The van der Waals surface area contributed by atoms with E-state index in [9.17, 15) is 4.79 Å². The molecular formula is C14H20N2O2. The van der Waals surface area contributed by atoms with Gasteiger partial charge in [0, 0.05) is 25.2 Å². The second-order valence-electron chi connectivity index (χ2n) is 4.76. The highest BCUT2D eigenvalue weighted by Gasteiger charge is 2.28. The Morgan fingerprint density at radius 1 is 1.28 bits per heavy atom. The third kappa shape index (κ3) is 3.01. The van der Waals surface area contributed by atoms with Gasteiger partial charge in [-0.3, -0.25) is 4.79 Å². The molecule has 0 aliphatic carbocycles. The van der Waals surface area contributed by atoms with E-state index in [0.717, 1.165) is 18.8 Å². The maximum Gasteiger partial charge on any atom is 0.261 e. The van der Waals surface area contributed by atoms with Gasteiger partial charge in [0.15, 0.2) is 6.61 Å². The molecule has 1 aromatic rings. The molecule has 1 amide bonds. The van der Waals surface area contributed by atoms with E-state index in [0.29, 0.717) is 0 Å². The SMILES string of the molecule is CC1CNCC(C)N1C(=O)COc1ccccc1. The van der Waals surface area contributed by atoms with Gasteiger partial charge in [-0.2, -0.15) is 0 Å². The Morgan fingerprint density at radius 3 is 2.50 bits per heavy atom. The number of piperazine rings is 1. The van der Waals surface area contributed by atoms with Crippen LogP contribution in [0.2, 0.25) is 0 Å². The van der Waals surface area contributed by atoms with Crippen molar-refractivity contribution in [3.05, 3.63) is 30.3 Å². The second-order valence-corrected chi connectivity index (χ2v) is 4.76. The monoisotopic (exact) mass is 248 g/mol. The molecule has 1 aliphatic rings. The van der Waals surface area contributed by atoms with Crippen molar-refractivity contribution in [2.45, 2.75) is 25.9 Å². The fourth-order valence-electron chi connectivity index (χ4n) is 2.36. The number of rotatable bonds is 3. The van der Waals surface area contributed by atoms with Gasteiger partial charge in [0.25, 0.3) is 5.91 Å². The van der Waals surface area contributed by atoms with Crippen LogP contribution in [0.1, 0.15) is 13.8 Å². The Morgan fingerprint density at radius 2 is 1.89 bits per heavy atom. The number of hydrogen-bond acceptors (Lipinski definition) is 3. The number of nitrogens with one attached hydrogen (secondary N) is 1. The Labute approximate surface area is 108 Å². The van der Waals surface area contributed by atoms with Gasteiger partial charge in [0.05, 0.1) is 0 Å². The van der Waals surface area contributed by atoms with Crippen molar-refractivity contribution in [1.29, 1.82) is 0 Å². The summed E-state index contributed by atoms with van der Waals surface area (Å²) < 4.78 is 5.51. The van der Waals surface area contributed by atoms with Crippen LogP contribution in [0.25, 0.3) is 0 Å². The summed E-state index contributed by atoms with van der Waals surface area (Å²) in [5.41, 5.74) is 0. The summed E-state index contributed by atoms with van der Waals surface area (Å²) in [7, 11) is 0. The second kappa shape index (κ2) is 5.87. The van der Waals surface area contributed by atoms with Crippen LogP contribution < -0.4 is 10.1 Å². The van der Waals surface area contributed by atoms with Gasteiger partial charge < -0.3 is 15.0 Å². The van der Waals surface area contributed by atoms with Crippen molar-refractivity contribution < 1.29 is 9.53 Å². The van der Waals surface area contributed by atoms with Crippen LogP contribution >= 0.6 is 0 Å². The first-order chi connectivity index (χ1) is 8.68. The highest BCUT2D eigenvalue weighted by molar-refractivity contribution is 5.78. The van der Waals surface area contributed by atoms with Gasteiger partial charge in [-0.25, -0.2) is 0 Å². The first-order valence-electron chi connectivity index (χ1n) is 6.38. The van der Waals surface area contributed by atoms with Crippen molar-refractivity contribution in [3.63, 3.8) is 0 Å². The molecule has 1 saturated heterocycles. The van der Waals surface area contributed by atoms with Crippen LogP contribution in [-0.4, -0.2) is 42.6 Å². The lowest BCUT2D eigenvalue weighted by atomic mass is 10.1. The summed E-state index contributed by atoms with van der Waals surface area (Å²) in [6.45, 7) is 5.92. The predicted octanol–water partition coefficient (Wildman–Crippen LogP) is 1.27. The number of benzene rings is 1. The van der Waals surface area contributed by atoms with Crippen molar-refractivity contribution in [3.8, 4) is 5.75 Å². The molecule has 98 valence electrons. The molecule has 1 aromatic carbocycles. The summed E-state index contributed by atoms with van der Waals surface area (Å²) in [5, 5.41) is 3.31. The van der Waals surface area contributed by atoms with Crippen molar-refractivity contribution in [1.82, 2.24) is 10.2 Å². The maximum atomic E-state index is 12.2. The lowest BCUT2D eigenvalue weighted by Gasteiger charge is -2.39. The molecule has 1 aliphatic heterocycles. The lowest BCUT2D eigenvalue weighted by Crippen LogP contribution is -2.58. The topological polar surface area (TPSA) is 41.6 Å². The van der Waals surface area contributed by atoms with Crippen LogP contribution in [0.5, 0.6) is 5.75 Å². The van der Waals surface area contributed by atoms with Crippen LogP contribution in [-0.2, 0) is 4.79 Å². The minimum Gasteiger partial charge on any atom is -0.484 e. The number of carbonyl (C=O) groups is 1. The smallest absolute Gasteiger partial charge is 0.261 e. The van der Waals surface area contributed by atoms with E-state index in [4.69, 9.17) is 4.74 Å². The molecule has 0 saturated carbocycles. The Bertz CT molecular complexity index is 384. The average molecular weight is 248 g/mol. The molecule has 4 heteroatoms. The van der Waals surface area contributed by atoms with Gasteiger partial charge in [-0.05, 0) is 26.0 Å². The molecule has 0 aromatic heterocycles. The highest BCUT2D eigenvalue weighted by Crippen LogP contribution is 2.12. The summed E-state index contributed by atoms with van der Waals surface area (Å²) in [6, 6.07) is 9.89. The fraction of sp³-hybridized carbons (Fsp3) is 0.500. The highest BCUT2D eigenvalue weighted by atomic mass is 16.5. The van der Waals surface area contributed by atoms with Crippen LogP contribution in [0.15, 0.2) is 30.3 Å². The zero-order chi connectivity index (χ0) is 13.0. The molecule has 18 heavy (non-hydrogen) atoms. The number of carbonyl (C=O) groups excluding carboxylic acids is 1. The quantitative estimate of drug-likeness (QED) is 0.876. The van der Waals surface area contributed by atoms with Crippen molar-refractivity contribution in [2.75, 3.05) is 19.7 Å². The molecule has 2 atom stereocenters. The molecule has 1 heterocycles. The number of nitrogens with zero attached hydrogens (tertiary/aromatic N) is 1. The minimum atomic E-state index is 0.0559. The largest absolute Gasteiger partial charge is 0.484 e. The van der Waals surface area contributed by atoms with Gasteiger partial charge in [-0.15, -0.1) is 0 Å². The predicted molar refractivity (Wildman–Crippen MR) is 70.6 cm³/mol. The Balaban J connectivity index is 1.91. The Hall–Kier alpha value is -1.55. The van der Waals surface area contributed by atoms with Gasteiger partial charge in [0.2, 0.25) is 0 Å². The van der Waals surface area contributed by atoms with E-state index in [1.165, 1.54) is 0 Å². The first kappa shape index (κ1) is 12.9. The standard InChI is InChI=1S/C14H20N2O2/c1-11-8-15-9-12(2)16(11)14(17)10-18-13-6-4-3-5-7-13/h3-7,11-12,15H,8-10H2,1-2H3. The van der Waals surface area contributed by atoms with E-state index in [1.54, 1.807) is 0 Å². The van der Waals surface area contributed by atoms with E-state index >= 15 is 0 Å². The molecular weight excluding hydrogens is 228 g/mol. The first-order valence-corrected chi connectivity index (χ1v) is 6.38. The third-order valence-electron chi connectivity index (χ3n) is 3.22. The molecule has 1 N–H and O–H groups in total. The van der Waals surface area contributed by atoms with Crippen molar-refractivity contribution >= 4 is 5.91 Å². The molecule has 2 unspecified atom stereocenters. The van der Waals surface area contributed by atoms with E-state index in [-0.39, 0.29) is 24.6 Å². The normalized spacial score (nSPS) is 23.8. The number of amides is 1. The minimum absolute atomic E-state index is 0.0559. The summed E-state index contributed by atoms with van der Waals surface area (Å²) in [4.78, 5) is 14.1. The number of hydrogen-bond donors (Lipinski definition) is 1. The molecule has 0 bridgehead atoms. The van der Waals surface area contributed by atoms with Crippen LogP contribution in [0.3, 0.4) is 0 Å². The number of ether oxygens (including phenoxy) is 1. The van der Waals surface area contributed by atoms with Gasteiger partial charge >= 0.3 is 0 Å². The maximum absolute atomic E-state index is 12.2. The Kier molecular flexibility index (Phi) is 4.20. The molecule has 1 fully saturated rings. The summed E-state index contributed by atoms with van der Waals surface area (Å²) in [5.74, 6) is 0.793. The fourth-order valence-corrected chi connectivity index (χ4v) is 2.36. The summed E-state index contributed by atoms with van der Waals surface area (Å²) in [6.07, 6.45) is 0. The third-order valence-corrected chi connectivity index (χ3v) is 3.22. The van der Waals surface area contributed by atoms with E-state index in [2.05, 4.69) is 19.2 Å². The molecule has 4 nitrogen and oxygen atoms in total. The lowest BCUT2D eigenvalue weighted by molar-refractivity contribution is -0.138.